The maximum Gasteiger partial charge on any atom is 0.238 e. The van der Waals surface area contributed by atoms with Gasteiger partial charge in [0.25, 0.3) is 0 Å². The average Bonchev–Trinajstić information content (AvgIpc) is 2.82. The first-order valence-electron chi connectivity index (χ1n) is 6.04. The van der Waals surface area contributed by atoms with Gasteiger partial charge in [-0.1, -0.05) is 6.07 Å². The van der Waals surface area contributed by atoms with Gasteiger partial charge in [0.2, 0.25) is 5.95 Å². The summed E-state index contributed by atoms with van der Waals surface area (Å²) in [6.45, 7) is 0. The number of fused-ring (bicyclic) bond motifs is 1. The summed E-state index contributed by atoms with van der Waals surface area (Å²) in [4.78, 5) is 4.03. The Labute approximate surface area is 115 Å². The number of benzene rings is 1. The first-order chi connectivity index (χ1) is 9.56. The molecule has 0 saturated carbocycles. The van der Waals surface area contributed by atoms with E-state index in [1.54, 1.807) is 17.8 Å². The van der Waals surface area contributed by atoms with E-state index in [0.29, 0.717) is 5.69 Å². The van der Waals surface area contributed by atoms with Crippen LogP contribution in [-0.2, 0) is 0 Å². The van der Waals surface area contributed by atoms with Crippen LogP contribution in [0.2, 0.25) is 0 Å². The van der Waals surface area contributed by atoms with Crippen molar-refractivity contribution in [2.24, 2.45) is 5.84 Å². The second-order valence-corrected chi connectivity index (χ2v) is 4.56. The minimum atomic E-state index is 0.235. The third-order valence-electron chi connectivity index (χ3n) is 3.16. The van der Waals surface area contributed by atoms with Crippen LogP contribution in [0.4, 0.5) is 17.3 Å². The molecule has 0 radical (unpaired) electrons. The van der Waals surface area contributed by atoms with Gasteiger partial charge in [-0.25, -0.2) is 15.3 Å². The summed E-state index contributed by atoms with van der Waals surface area (Å²) in [5.41, 5.74) is 15.7. The lowest BCUT2D eigenvalue weighted by molar-refractivity contribution is 0.918. The highest BCUT2D eigenvalue weighted by Gasteiger charge is 2.10. The number of aromatic nitrogens is 3. The predicted octanol–water partition coefficient (Wildman–Crippen LogP) is 0.871. The Morgan fingerprint density at radius 2 is 2.00 bits per heavy atom. The molecule has 0 saturated heterocycles. The third kappa shape index (κ3) is 1.90. The molecule has 6 N–H and O–H groups in total. The first-order valence-corrected chi connectivity index (χ1v) is 6.04. The Kier molecular flexibility index (Phi) is 2.69. The van der Waals surface area contributed by atoms with Crippen LogP contribution in [0.3, 0.4) is 0 Å². The summed E-state index contributed by atoms with van der Waals surface area (Å²) in [5.74, 6) is 6.01. The molecule has 0 aliphatic heterocycles. The second kappa shape index (κ2) is 4.39. The third-order valence-corrected chi connectivity index (χ3v) is 3.16. The van der Waals surface area contributed by atoms with E-state index in [-0.39, 0.29) is 5.95 Å². The van der Waals surface area contributed by atoms with Gasteiger partial charge in [0.05, 0.1) is 23.1 Å². The van der Waals surface area contributed by atoms with E-state index in [9.17, 15) is 0 Å². The Morgan fingerprint density at radius 3 is 2.75 bits per heavy atom. The van der Waals surface area contributed by atoms with E-state index in [0.717, 1.165) is 22.3 Å². The Bertz CT molecular complexity index is 775. The highest BCUT2D eigenvalue weighted by Crippen LogP contribution is 2.31. The van der Waals surface area contributed by atoms with Crippen LogP contribution < -0.4 is 22.3 Å². The summed E-state index contributed by atoms with van der Waals surface area (Å²) in [6.07, 6.45) is 3.53. The van der Waals surface area contributed by atoms with Crippen LogP contribution in [0.25, 0.3) is 16.6 Å². The maximum atomic E-state index is 5.91. The van der Waals surface area contributed by atoms with Crippen molar-refractivity contribution < 1.29 is 0 Å². The topological polar surface area (TPSA) is 111 Å². The fourth-order valence-corrected chi connectivity index (χ4v) is 2.17. The van der Waals surface area contributed by atoms with E-state index < -0.39 is 0 Å². The van der Waals surface area contributed by atoms with Crippen LogP contribution >= 0.6 is 0 Å². The molecule has 0 aliphatic rings. The zero-order chi connectivity index (χ0) is 14.3. The summed E-state index contributed by atoms with van der Waals surface area (Å²) < 4.78 is 1.69. The fraction of sp³-hybridized carbons (Fsp3) is 0.0769. The summed E-state index contributed by atoms with van der Waals surface area (Å²) >= 11 is 0. The molecule has 3 aromatic rings. The van der Waals surface area contributed by atoms with Gasteiger partial charge in [0.1, 0.15) is 0 Å². The van der Waals surface area contributed by atoms with E-state index in [1.807, 2.05) is 30.5 Å². The maximum absolute atomic E-state index is 5.91. The van der Waals surface area contributed by atoms with E-state index in [2.05, 4.69) is 10.1 Å². The number of nitrogens with two attached hydrogens (primary N) is 3. The smallest absolute Gasteiger partial charge is 0.238 e. The molecule has 0 fully saturated rings. The second-order valence-electron chi connectivity index (χ2n) is 4.56. The molecule has 2 heterocycles. The molecule has 0 atom stereocenters. The molecule has 0 bridgehead atoms. The quantitative estimate of drug-likeness (QED) is 0.361. The Morgan fingerprint density at radius 1 is 1.20 bits per heavy atom. The lowest BCUT2D eigenvalue weighted by atomic mass is 10.1. The fourth-order valence-electron chi connectivity index (χ4n) is 2.17. The molecule has 1 aromatic carbocycles. The van der Waals surface area contributed by atoms with Gasteiger partial charge in [-0.3, -0.25) is 0 Å². The SMILES string of the molecule is CN(N)c1cc(-c2ccn3nc(N)ncc23)ccc1N. The van der Waals surface area contributed by atoms with Crippen molar-refractivity contribution >= 4 is 22.8 Å². The Hall–Kier alpha value is -2.80. The molecular formula is C13H15N7. The van der Waals surface area contributed by atoms with Crippen LogP contribution in [0.15, 0.2) is 36.7 Å². The van der Waals surface area contributed by atoms with Crippen molar-refractivity contribution in [3.05, 3.63) is 36.7 Å². The van der Waals surface area contributed by atoms with Crippen molar-refractivity contribution in [3.8, 4) is 11.1 Å². The van der Waals surface area contributed by atoms with Gasteiger partial charge in [-0.2, -0.15) is 0 Å². The number of hydrogen-bond donors (Lipinski definition) is 3. The molecule has 0 unspecified atom stereocenters. The zero-order valence-corrected chi connectivity index (χ0v) is 11.0. The molecule has 2 aromatic heterocycles. The van der Waals surface area contributed by atoms with E-state index >= 15 is 0 Å². The van der Waals surface area contributed by atoms with Gasteiger partial charge in [-0.05, 0) is 23.8 Å². The van der Waals surface area contributed by atoms with Crippen LogP contribution in [-0.4, -0.2) is 21.6 Å². The largest absolute Gasteiger partial charge is 0.397 e. The normalized spacial score (nSPS) is 10.9. The molecule has 0 aliphatic carbocycles. The van der Waals surface area contributed by atoms with E-state index in [4.69, 9.17) is 17.3 Å². The molecular weight excluding hydrogens is 254 g/mol. The van der Waals surface area contributed by atoms with Gasteiger partial charge in [-0.15, -0.1) is 5.10 Å². The average molecular weight is 269 g/mol. The predicted molar refractivity (Wildman–Crippen MR) is 79.8 cm³/mol. The van der Waals surface area contributed by atoms with Gasteiger partial charge < -0.3 is 16.5 Å². The van der Waals surface area contributed by atoms with E-state index in [1.165, 1.54) is 5.01 Å². The van der Waals surface area contributed by atoms with Crippen molar-refractivity contribution in [1.82, 2.24) is 14.6 Å². The number of hydrazine groups is 1. The molecule has 7 nitrogen and oxygen atoms in total. The number of nitrogen functional groups attached to an aromatic ring is 2. The minimum absolute atomic E-state index is 0.235. The minimum Gasteiger partial charge on any atom is -0.397 e. The zero-order valence-electron chi connectivity index (χ0n) is 11.0. The lowest BCUT2D eigenvalue weighted by Gasteiger charge is -2.15. The highest BCUT2D eigenvalue weighted by atomic mass is 15.4. The van der Waals surface area contributed by atoms with Crippen molar-refractivity contribution in [2.45, 2.75) is 0 Å². The van der Waals surface area contributed by atoms with Gasteiger partial charge >= 0.3 is 0 Å². The summed E-state index contributed by atoms with van der Waals surface area (Å²) in [5, 5.41) is 5.61. The first kappa shape index (κ1) is 12.2. The number of anilines is 3. The monoisotopic (exact) mass is 269 g/mol. The molecule has 0 spiro atoms. The van der Waals surface area contributed by atoms with Gasteiger partial charge in [0.15, 0.2) is 0 Å². The molecule has 0 amide bonds. The van der Waals surface area contributed by atoms with Crippen LogP contribution in [0.5, 0.6) is 0 Å². The molecule has 3 rings (SSSR count). The lowest BCUT2D eigenvalue weighted by Crippen LogP contribution is -2.25. The molecule has 102 valence electrons. The number of hydrogen-bond acceptors (Lipinski definition) is 6. The van der Waals surface area contributed by atoms with Gasteiger partial charge in [0, 0.05) is 18.8 Å². The number of nitrogens with zero attached hydrogens (tertiary/aromatic N) is 4. The van der Waals surface area contributed by atoms with Crippen LogP contribution in [0, 0.1) is 0 Å². The van der Waals surface area contributed by atoms with Crippen LogP contribution in [0.1, 0.15) is 0 Å². The molecule has 20 heavy (non-hydrogen) atoms. The summed E-state index contributed by atoms with van der Waals surface area (Å²) in [7, 11) is 1.75. The molecule has 7 heteroatoms. The van der Waals surface area contributed by atoms with Crippen molar-refractivity contribution in [2.75, 3.05) is 23.5 Å². The standard InChI is InChI=1S/C13H15N7/c1-19(16)11-6-8(2-3-10(11)14)9-4-5-20-12(9)7-17-13(15)18-20/h2-7H,14,16H2,1H3,(H2,15,18). The highest BCUT2D eigenvalue weighted by molar-refractivity contribution is 5.84. The van der Waals surface area contributed by atoms with Crippen molar-refractivity contribution in [3.63, 3.8) is 0 Å². The van der Waals surface area contributed by atoms with Crippen molar-refractivity contribution in [1.29, 1.82) is 0 Å². The Balaban J connectivity index is 2.18. The summed E-state index contributed by atoms with van der Waals surface area (Å²) in [6, 6.07) is 7.65. The number of rotatable bonds is 2.